The predicted molar refractivity (Wildman–Crippen MR) is 226 cm³/mol. The Morgan fingerprint density at radius 2 is 0.982 bits per heavy atom. The summed E-state index contributed by atoms with van der Waals surface area (Å²) in [5.74, 6) is 1.90. The third-order valence-corrected chi connectivity index (χ3v) is 11.6. The Morgan fingerprint density at radius 3 is 1.76 bits per heavy atom. The molecule has 0 N–H and O–H groups in total. The Kier molecular flexibility index (Phi) is 6.86. The molecule has 1 aliphatic carbocycles. The smallest absolute Gasteiger partial charge is 0.164 e. The van der Waals surface area contributed by atoms with Crippen LogP contribution >= 0.6 is 0 Å². The highest BCUT2D eigenvalue weighted by molar-refractivity contribution is 6.25. The number of hydrogen-bond acceptors (Lipinski definition) is 4. The highest BCUT2D eigenvalue weighted by Crippen LogP contribution is 2.49. The van der Waals surface area contributed by atoms with Gasteiger partial charge in [-0.3, -0.25) is 4.98 Å². The summed E-state index contributed by atoms with van der Waals surface area (Å²) in [6.07, 6.45) is 3.69. The summed E-state index contributed by atoms with van der Waals surface area (Å²) in [6.45, 7) is 4.61. The van der Waals surface area contributed by atoms with Crippen molar-refractivity contribution in [2.75, 3.05) is 0 Å². The van der Waals surface area contributed by atoms with Gasteiger partial charge in [0.15, 0.2) is 17.5 Å². The van der Waals surface area contributed by atoms with Crippen molar-refractivity contribution in [3.63, 3.8) is 0 Å². The second kappa shape index (κ2) is 12.0. The maximum absolute atomic E-state index is 5.20. The van der Waals surface area contributed by atoms with Crippen LogP contribution in [0.2, 0.25) is 0 Å². The number of pyridine rings is 1. The molecule has 0 spiro atoms. The van der Waals surface area contributed by atoms with Crippen molar-refractivity contribution in [2.24, 2.45) is 0 Å². The van der Waals surface area contributed by atoms with Crippen LogP contribution < -0.4 is 0 Å². The molecule has 0 saturated heterocycles. The minimum atomic E-state index is -0.144. The second-order valence-electron chi connectivity index (χ2n) is 15.1. The van der Waals surface area contributed by atoms with E-state index in [0.29, 0.717) is 17.5 Å². The quantitative estimate of drug-likeness (QED) is 0.168. The van der Waals surface area contributed by atoms with Crippen LogP contribution in [0.25, 0.3) is 99.9 Å². The van der Waals surface area contributed by atoms with Gasteiger partial charge in [0.05, 0.1) is 0 Å². The Bertz CT molecular complexity index is 3090. The molecule has 55 heavy (non-hydrogen) atoms. The van der Waals surface area contributed by atoms with Crippen molar-refractivity contribution in [2.45, 2.75) is 19.3 Å². The fraction of sp³-hybridized carbons (Fsp3) is 0.0588. The van der Waals surface area contributed by atoms with Crippen LogP contribution in [-0.2, 0) is 5.41 Å². The molecule has 0 unspecified atom stereocenters. The number of aromatic nitrogens is 4. The van der Waals surface area contributed by atoms with Crippen molar-refractivity contribution in [1.82, 2.24) is 19.9 Å². The van der Waals surface area contributed by atoms with E-state index in [0.717, 1.165) is 33.4 Å². The van der Waals surface area contributed by atoms with E-state index in [-0.39, 0.29) is 5.41 Å². The van der Waals surface area contributed by atoms with Crippen molar-refractivity contribution < 1.29 is 0 Å². The molecule has 0 amide bonds. The van der Waals surface area contributed by atoms with Gasteiger partial charge in [-0.05, 0) is 83.4 Å². The van der Waals surface area contributed by atoms with Crippen LogP contribution in [-0.4, -0.2) is 19.9 Å². The van der Waals surface area contributed by atoms with Crippen LogP contribution in [0.4, 0.5) is 0 Å². The number of hydrogen-bond donors (Lipinski definition) is 0. The first kappa shape index (κ1) is 31.5. The summed E-state index contributed by atoms with van der Waals surface area (Å²) in [4.78, 5) is 20.0. The Labute approximate surface area is 319 Å². The SMILES string of the molecule is CC1(C)c2ccccc2-c2ccc(-c3nc(-c4ccc(-c5ccc6ccc7cccc8ccc5c6c78)cc4)nc(-c4ccccc4-c4cccnc4)n3)cc21. The Hall–Kier alpha value is -7.04. The summed E-state index contributed by atoms with van der Waals surface area (Å²) in [7, 11) is 0. The lowest BCUT2D eigenvalue weighted by atomic mass is 9.82. The molecule has 1 aliphatic rings. The van der Waals surface area contributed by atoms with Gasteiger partial charge >= 0.3 is 0 Å². The van der Waals surface area contributed by atoms with Gasteiger partial charge in [-0.25, -0.2) is 15.0 Å². The molecule has 0 radical (unpaired) electrons. The van der Waals surface area contributed by atoms with Crippen LogP contribution in [0.1, 0.15) is 25.0 Å². The standard InChI is InChI=1S/C51H34N4/c1-51(2)44-15-6-5-13-40(44)41-26-24-36(29-45(41)51)49-53-48(54-50(55-49)43-14-4-3-12-38(43)37-11-8-28-52-30-37)35-20-16-31(17-21-35)39-25-22-34-19-18-32-9-7-10-33-23-27-42(39)47(34)46(32)33/h3-30H,1-2H3. The van der Waals surface area contributed by atoms with Gasteiger partial charge in [0.25, 0.3) is 0 Å². The minimum absolute atomic E-state index is 0.144. The fourth-order valence-corrected chi connectivity index (χ4v) is 8.84. The maximum Gasteiger partial charge on any atom is 0.164 e. The Morgan fingerprint density at radius 1 is 0.382 bits per heavy atom. The Balaban J connectivity index is 1.06. The molecule has 2 heterocycles. The highest BCUT2D eigenvalue weighted by Gasteiger charge is 2.35. The predicted octanol–water partition coefficient (Wildman–Crippen LogP) is 12.8. The van der Waals surface area contributed by atoms with Gasteiger partial charge < -0.3 is 0 Å². The van der Waals surface area contributed by atoms with E-state index in [1.54, 1.807) is 6.20 Å². The summed E-state index contributed by atoms with van der Waals surface area (Å²) < 4.78 is 0. The number of benzene rings is 8. The molecule has 8 aromatic carbocycles. The van der Waals surface area contributed by atoms with Gasteiger partial charge in [0.2, 0.25) is 0 Å². The zero-order valence-corrected chi connectivity index (χ0v) is 30.5. The van der Waals surface area contributed by atoms with Crippen molar-refractivity contribution in [1.29, 1.82) is 0 Å². The third kappa shape index (κ3) is 4.92. The monoisotopic (exact) mass is 702 g/mol. The molecule has 4 nitrogen and oxygen atoms in total. The zero-order valence-electron chi connectivity index (χ0n) is 30.5. The van der Waals surface area contributed by atoms with Crippen LogP contribution in [0.5, 0.6) is 0 Å². The first-order chi connectivity index (χ1) is 27.0. The molecule has 2 aromatic heterocycles. The number of nitrogens with zero attached hydrogens (tertiary/aromatic N) is 4. The highest BCUT2D eigenvalue weighted by atomic mass is 15.0. The summed E-state index contributed by atoms with van der Waals surface area (Å²) in [6, 6.07) is 56.4. The summed E-state index contributed by atoms with van der Waals surface area (Å²) >= 11 is 0. The average molecular weight is 703 g/mol. The number of rotatable bonds is 5. The minimum Gasteiger partial charge on any atom is -0.264 e. The van der Waals surface area contributed by atoms with Gasteiger partial charge in [-0.15, -0.1) is 0 Å². The van der Waals surface area contributed by atoms with E-state index in [4.69, 9.17) is 15.0 Å². The molecular weight excluding hydrogens is 669 g/mol. The maximum atomic E-state index is 5.20. The number of fused-ring (bicyclic) bond motifs is 3. The van der Waals surface area contributed by atoms with E-state index in [1.807, 2.05) is 24.4 Å². The first-order valence-corrected chi connectivity index (χ1v) is 18.8. The topological polar surface area (TPSA) is 51.6 Å². The van der Waals surface area contributed by atoms with Crippen LogP contribution in [0, 0.1) is 0 Å². The molecule has 0 fully saturated rings. The zero-order chi connectivity index (χ0) is 36.7. The normalized spacial score (nSPS) is 13.1. The van der Waals surface area contributed by atoms with E-state index in [1.165, 1.54) is 60.1 Å². The molecule has 0 saturated carbocycles. The van der Waals surface area contributed by atoms with Crippen LogP contribution in [0.15, 0.2) is 170 Å². The van der Waals surface area contributed by atoms with E-state index < -0.39 is 0 Å². The summed E-state index contributed by atoms with van der Waals surface area (Å²) in [5.41, 5.74) is 12.3. The van der Waals surface area contributed by atoms with Crippen molar-refractivity contribution >= 4 is 32.3 Å². The molecule has 0 atom stereocenters. The van der Waals surface area contributed by atoms with Crippen molar-refractivity contribution in [3.8, 4) is 67.5 Å². The average Bonchev–Trinajstić information content (AvgIpc) is 3.48. The largest absolute Gasteiger partial charge is 0.264 e. The van der Waals surface area contributed by atoms with Gasteiger partial charge in [-0.2, -0.15) is 0 Å². The van der Waals surface area contributed by atoms with E-state index >= 15 is 0 Å². The second-order valence-corrected chi connectivity index (χ2v) is 15.1. The molecule has 11 rings (SSSR count). The molecule has 4 heteroatoms. The lowest BCUT2D eigenvalue weighted by molar-refractivity contribution is 0.660. The molecule has 0 bridgehead atoms. The molecular formula is C51H34N4. The fourth-order valence-electron chi connectivity index (χ4n) is 8.84. The summed E-state index contributed by atoms with van der Waals surface area (Å²) in [5, 5.41) is 7.70. The lowest BCUT2D eigenvalue weighted by Crippen LogP contribution is -2.15. The van der Waals surface area contributed by atoms with E-state index in [9.17, 15) is 0 Å². The van der Waals surface area contributed by atoms with Crippen LogP contribution in [0.3, 0.4) is 0 Å². The first-order valence-electron chi connectivity index (χ1n) is 18.8. The molecule has 258 valence electrons. The van der Waals surface area contributed by atoms with Crippen molar-refractivity contribution in [3.05, 3.63) is 181 Å². The van der Waals surface area contributed by atoms with Gasteiger partial charge in [0.1, 0.15) is 0 Å². The lowest BCUT2D eigenvalue weighted by Gasteiger charge is -2.21. The third-order valence-electron chi connectivity index (χ3n) is 11.6. The van der Waals surface area contributed by atoms with Gasteiger partial charge in [-0.1, -0.05) is 159 Å². The van der Waals surface area contributed by atoms with Gasteiger partial charge in [0, 0.05) is 40.1 Å². The van der Waals surface area contributed by atoms with E-state index in [2.05, 4.69) is 158 Å². The molecule has 10 aromatic rings. The molecule has 0 aliphatic heterocycles.